The first kappa shape index (κ1) is 17.8. The van der Waals surface area contributed by atoms with Crippen molar-refractivity contribution < 1.29 is 9.53 Å². The van der Waals surface area contributed by atoms with Crippen molar-refractivity contribution in [2.24, 2.45) is 5.92 Å². The molecule has 0 aliphatic heterocycles. The van der Waals surface area contributed by atoms with E-state index in [1.165, 1.54) is 0 Å². The molecular formula is C18H26N4O2. The summed E-state index contributed by atoms with van der Waals surface area (Å²) in [5.74, 6) is 1.03. The number of aromatic nitrogens is 2. The Morgan fingerprint density at radius 1 is 1.38 bits per heavy atom. The fraction of sp³-hybridized carbons (Fsp3) is 0.444. The third kappa shape index (κ3) is 4.07. The predicted molar refractivity (Wildman–Crippen MR) is 96.3 cm³/mol. The van der Waals surface area contributed by atoms with Crippen molar-refractivity contribution in [2.75, 3.05) is 18.2 Å². The fourth-order valence-electron chi connectivity index (χ4n) is 2.64. The van der Waals surface area contributed by atoms with E-state index in [4.69, 9.17) is 10.5 Å². The van der Waals surface area contributed by atoms with Crippen molar-refractivity contribution in [2.45, 2.75) is 40.7 Å². The van der Waals surface area contributed by atoms with Gasteiger partial charge in [-0.15, -0.1) is 0 Å². The van der Waals surface area contributed by atoms with Crippen LogP contribution in [0.1, 0.15) is 30.8 Å². The number of nitrogens with two attached hydrogens (primary N) is 1. The smallest absolute Gasteiger partial charge is 0.228 e. The summed E-state index contributed by atoms with van der Waals surface area (Å²) in [5.41, 5.74) is 9.88. The van der Waals surface area contributed by atoms with Crippen LogP contribution in [0.5, 0.6) is 5.75 Å². The summed E-state index contributed by atoms with van der Waals surface area (Å²) in [7, 11) is 1.58. The number of methoxy groups -OCH3 is 1. The first-order valence-electron chi connectivity index (χ1n) is 8.08. The van der Waals surface area contributed by atoms with Gasteiger partial charge in [0.1, 0.15) is 5.75 Å². The van der Waals surface area contributed by atoms with Gasteiger partial charge < -0.3 is 15.8 Å². The van der Waals surface area contributed by atoms with Gasteiger partial charge in [-0.2, -0.15) is 5.10 Å². The molecule has 1 aromatic carbocycles. The average Bonchev–Trinajstić information content (AvgIpc) is 2.76. The SMILES string of the molecule is COc1ccc(N)c(NC(=O)Cc2c(C)nn(CC(C)C)c2C)c1. The number of ether oxygens (including phenoxy) is 1. The van der Waals surface area contributed by atoms with Crippen LogP contribution in [-0.4, -0.2) is 22.8 Å². The topological polar surface area (TPSA) is 82.2 Å². The number of nitrogen functional groups attached to an aromatic ring is 1. The summed E-state index contributed by atoms with van der Waals surface area (Å²) < 4.78 is 7.14. The second kappa shape index (κ2) is 7.38. The molecule has 0 saturated carbocycles. The van der Waals surface area contributed by atoms with E-state index in [-0.39, 0.29) is 12.3 Å². The second-order valence-electron chi connectivity index (χ2n) is 6.40. The van der Waals surface area contributed by atoms with Crippen LogP contribution < -0.4 is 15.8 Å². The molecule has 0 spiro atoms. The molecule has 0 radical (unpaired) electrons. The normalized spacial score (nSPS) is 10.9. The van der Waals surface area contributed by atoms with E-state index < -0.39 is 0 Å². The van der Waals surface area contributed by atoms with Gasteiger partial charge in [0.25, 0.3) is 0 Å². The van der Waals surface area contributed by atoms with Crippen LogP contribution in [0.2, 0.25) is 0 Å². The summed E-state index contributed by atoms with van der Waals surface area (Å²) in [4.78, 5) is 12.4. The predicted octanol–water partition coefficient (Wildman–Crippen LogP) is 2.93. The van der Waals surface area contributed by atoms with E-state index in [1.54, 1.807) is 25.3 Å². The fourth-order valence-corrected chi connectivity index (χ4v) is 2.64. The molecule has 0 atom stereocenters. The van der Waals surface area contributed by atoms with Crippen molar-refractivity contribution >= 4 is 17.3 Å². The van der Waals surface area contributed by atoms with Gasteiger partial charge in [-0.25, -0.2) is 0 Å². The standard InChI is InChI=1S/C18H26N4O2/c1-11(2)10-22-13(4)15(12(3)21-22)9-18(23)20-17-8-14(24-5)6-7-16(17)19/h6-8,11H,9-10,19H2,1-5H3,(H,20,23). The van der Waals surface area contributed by atoms with Crippen molar-refractivity contribution in [1.82, 2.24) is 9.78 Å². The zero-order chi connectivity index (χ0) is 17.9. The molecule has 0 unspecified atom stereocenters. The lowest BCUT2D eigenvalue weighted by atomic mass is 10.1. The van der Waals surface area contributed by atoms with Crippen LogP contribution in [0, 0.1) is 19.8 Å². The highest BCUT2D eigenvalue weighted by Gasteiger charge is 2.16. The third-order valence-electron chi connectivity index (χ3n) is 3.94. The summed E-state index contributed by atoms with van der Waals surface area (Å²) in [6.07, 6.45) is 0.270. The molecule has 6 heteroatoms. The van der Waals surface area contributed by atoms with Crippen molar-refractivity contribution in [3.63, 3.8) is 0 Å². The Morgan fingerprint density at radius 2 is 2.08 bits per heavy atom. The molecule has 0 bridgehead atoms. The van der Waals surface area contributed by atoms with E-state index in [0.29, 0.717) is 23.0 Å². The molecular weight excluding hydrogens is 304 g/mol. The highest BCUT2D eigenvalue weighted by Crippen LogP contribution is 2.25. The van der Waals surface area contributed by atoms with Gasteiger partial charge in [0.2, 0.25) is 5.91 Å². The molecule has 130 valence electrons. The number of nitrogens with zero attached hydrogens (tertiary/aromatic N) is 2. The molecule has 1 heterocycles. The van der Waals surface area contributed by atoms with Crippen molar-refractivity contribution in [3.05, 3.63) is 35.2 Å². The highest BCUT2D eigenvalue weighted by molar-refractivity contribution is 5.95. The van der Waals surface area contributed by atoms with Crippen LogP contribution in [0.25, 0.3) is 0 Å². The minimum atomic E-state index is -0.120. The number of hydrogen-bond donors (Lipinski definition) is 2. The van der Waals surface area contributed by atoms with E-state index in [1.807, 2.05) is 18.5 Å². The molecule has 0 fully saturated rings. The van der Waals surface area contributed by atoms with Gasteiger partial charge in [0, 0.05) is 23.9 Å². The molecule has 1 amide bonds. The van der Waals surface area contributed by atoms with Crippen molar-refractivity contribution in [1.29, 1.82) is 0 Å². The summed E-state index contributed by atoms with van der Waals surface area (Å²) in [6.45, 7) is 9.08. The number of aryl methyl sites for hydroxylation is 1. The molecule has 1 aromatic heterocycles. The lowest BCUT2D eigenvalue weighted by Gasteiger charge is -2.11. The average molecular weight is 330 g/mol. The second-order valence-corrected chi connectivity index (χ2v) is 6.40. The summed E-state index contributed by atoms with van der Waals surface area (Å²) >= 11 is 0. The molecule has 0 saturated heterocycles. The quantitative estimate of drug-likeness (QED) is 0.798. The first-order chi connectivity index (χ1) is 11.3. The number of rotatable bonds is 6. The summed E-state index contributed by atoms with van der Waals surface area (Å²) in [6, 6.07) is 5.19. The van der Waals surface area contributed by atoms with E-state index in [9.17, 15) is 4.79 Å². The van der Waals surface area contributed by atoms with Gasteiger partial charge in [-0.05, 0) is 31.9 Å². The molecule has 0 aliphatic carbocycles. The van der Waals surface area contributed by atoms with Crippen LogP contribution in [0.3, 0.4) is 0 Å². The Bertz CT molecular complexity index is 735. The molecule has 2 aromatic rings. The Kier molecular flexibility index (Phi) is 5.49. The number of hydrogen-bond acceptors (Lipinski definition) is 4. The minimum absolute atomic E-state index is 0.120. The Morgan fingerprint density at radius 3 is 2.71 bits per heavy atom. The number of amides is 1. The highest BCUT2D eigenvalue weighted by atomic mass is 16.5. The van der Waals surface area contributed by atoms with Gasteiger partial charge >= 0.3 is 0 Å². The molecule has 2 rings (SSSR count). The number of carbonyl (C=O) groups is 1. The van der Waals surface area contributed by atoms with Gasteiger partial charge in [-0.1, -0.05) is 13.8 Å². The van der Waals surface area contributed by atoms with Crippen LogP contribution in [0.15, 0.2) is 18.2 Å². The number of carbonyl (C=O) groups excluding carboxylic acids is 1. The van der Waals surface area contributed by atoms with Crippen LogP contribution in [-0.2, 0) is 17.8 Å². The van der Waals surface area contributed by atoms with Crippen molar-refractivity contribution in [3.8, 4) is 5.75 Å². The number of nitrogens with one attached hydrogen (secondary N) is 1. The molecule has 0 aliphatic rings. The molecule has 24 heavy (non-hydrogen) atoms. The Hall–Kier alpha value is -2.50. The third-order valence-corrected chi connectivity index (χ3v) is 3.94. The van der Waals surface area contributed by atoms with E-state index in [2.05, 4.69) is 24.3 Å². The van der Waals surface area contributed by atoms with Gasteiger partial charge in [0.15, 0.2) is 0 Å². The monoisotopic (exact) mass is 330 g/mol. The first-order valence-corrected chi connectivity index (χ1v) is 8.08. The molecule has 3 N–H and O–H groups in total. The zero-order valence-electron chi connectivity index (χ0n) is 15.0. The van der Waals surface area contributed by atoms with E-state index in [0.717, 1.165) is 23.5 Å². The van der Waals surface area contributed by atoms with E-state index >= 15 is 0 Å². The Labute approximate surface area is 143 Å². The molecule has 6 nitrogen and oxygen atoms in total. The van der Waals surface area contributed by atoms with Gasteiger partial charge in [-0.3, -0.25) is 9.48 Å². The Balaban J connectivity index is 2.14. The number of anilines is 2. The maximum Gasteiger partial charge on any atom is 0.228 e. The largest absolute Gasteiger partial charge is 0.497 e. The number of benzene rings is 1. The lowest BCUT2D eigenvalue weighted by molar-refractivity contribution is -0.115. The van der Waals surface area contributed by atoms with Gasteiger partial charge in [0.05, 0.1) is 30.6 Å². The summed E-state index contributed by atoms with van der Waals surface area (Å²) in [5, 5.41) is 7.40. The maximum atomic E-state index is 12.4. The zero-order valence-corrected chi connectivity index (χ0v) is 15.0. The maximum absolute atomic E-state index is 12.4. The minimum Gasteiger partial charge on any atom is -0.497 e. The van der Waals surface area contributed by atoms with Crippen LogP contribution in [0.4, 0.5) is 11.4 Å². The lowest BCUT2D eigenvalue weighted by Crippen LogP contribution is -2.16. The van der Waals surface area contributed by atoms with Crippen LogP contribution >= 0.6 is 0 Å².